The van der Waals surface area contributed by atoms with E-state index in [1.807, 2.05) is 38.1 Å². The maximum absolute atomic E-state index is 9.44. The summed E-state index contributed by atoms with van der Waals surface area (Å²) in [5, 5.41) is 30.7. The predicted molar refractivity (Wildman–Crippen MR) is 101 cm³/mol. The van der Waals surface area contributed by atoms with Gasteiger partial charge in [0.1, 0.15) is 11.5 Å². The highest BCUT2D eigenvalue weighted by molar-refractivity contribution is 5.72. The molecule has 0 aliphatic rings. The van der Waals surface area contributed by atoms with Gasteiger partial charge in [-0.2, -0.15) is 5.26 Å². The Morgan fingerprint density at radius 1 is 1.07 bits per heavy atom. The number of aryl methyl sites for hydroxylation is 2. The number of aromatic nitrogens is 1. The number of ether oxygens (including phenoxy) is 1. The third-order valence-corrected chi connectivity index (χ3v) is 3.95. The fraction of sp³-hybridized carbons (Fsp3) is 0.100. The van der Waals surface area contributed by atoms with Crippen LogP contribution < -0.4 is 15.3 Å². The lowest BCUT2D eigenvalue weighted by molar-refractivity contribution is 0.0272. The normalized spacial score (nSPS) is 10.2. The fourth-order valence-corrected chi connectivity index (χ4v) is 2.61. The molecular formula is C20H18N4O3. The van der Waals surface area contributed by atoms with Crippen LogP contribution in [-0.4, -0.2) is 15.4 Å². The Morgan fingerprint density at radius 3 is 2.33 bits per heavy atom. The Hall–Kier alpha value is -3.60. The first kappa shape index (κ1) is 18.2. The largest absolute Gasteiger partial charge is 0.455 e. The molecule has 3 N–H and O–H groups in total. The lowest BCUT2D eigenvalue weighted by atomic mass is 10.1. The van der Waals surface area contributed by atoms with Gasteiger partial charge < -0.3 is 10.1 Å². The quantitative estimate of drug-likeness (QED) is 0.566. The van der Waals surface area contributed by atoms with Crippen molar-refractivity contribution in [1.29, 1.82) is 5.26 Å². The van der Waals surface area contributed by atoms with Crippen LogP contribution in [0.25, 0.3) is 0 Å². The molecule has 0 saturated carbocycles. The van der Waals surface area contributed by atoms with Gasteiger partial charge in [0.25, 0.3) is 0 Å². The first-order chi connectivity index (χ1) is 13.0. The van der Waals surface area contributed by atoms with E-state index < -0.39 is 0 Å². The van der Waals surface area contributed by atoms with Gasteiger partial charge in [-0.3, -0.25) is 10.4 Å². The summed E-state index contributed by atoms with van der Waals surface area (Å²) >= 11 is 0. The maximum Gasteiger partial charge on any atom is 0.207 e. The Labute approximate surface area is 156 Å². The number of nitriles is 1. The molecule has 1 heterocycles. The average Bonchev–Trinajstić information content (AvgIpc) is 2.65. The zero-order chi connectivity index (χ0) is 19.4. The Morgan fingerprint density at radius 2 is 1.74 bits per heavy atom. The van der Waals surface area contributed by atoms with Crippen LogP contribution >= 0.6 is 0 Å². The van der Waals surface area contributed by atoms with Crippen LogP contribution in [0.5, 0.6) is 11.5 Å². The monoisotopic (exact) mass is 362 g/mol. The molecule has 27 heavy (non-hydrogen) atoms. The minimum atomic E-state index is -0.0896. The van der Waals surface area contributed by atoms with E-state index in [4.69, 9.17) is 10.00 Å². The van der Waals surface area contributed by atoms with E-state index in [0.717, 1.165) is 16.9 Å². The van der Waals surface area contributed by atoms with Crippen molar-refractivity contribution < 1.29 is 15.2 Å². The van der Waals surface area contributed by atoms with Crippen LogP contribution in [0.4, 0.5) is 17.2 Å². The molecule has 3 rings (SSSR count). The second-order valence-corrected chi connectivity index (χ2v) is 5.97. The number of pyridine rings is 1. The fourth-order valence-electron chi connectivity index (χ4n) is 2.61. The topological polar surface area (TPSA) is 102 Å². The van der Waals surface area contributed by atoms with E-state index in [1.165, 1.54) is 6.20 Å². The van der Waals surface area contributed by atoms with Crippen LogP contribution in [0.2, 0.25) is 0 Å². The highest BCUT2D eigenvalue weighted by Crippen LogP contribution is 2.33. The first-order valence-electron chi connectivity index (χ1n) is 8.17. The van der Waals surface area contributed by atoms with Gasteiger partial charge >= 0.3 is 0 Å². The molecule has 136 valence electrons. The van der Waals surface area contributed by atoms with Gasteiger partial charge in [-0.1, -0.05) is 18.2 Å². The minimum absolute atomic E-state index is 0.0607. The van der Waals surface area contributed by atoms with Gasteiger partial charge in [0.2, 0.25) is 5.82 Å². The Bertz CT molecular complexity index is 975. The van der Waals surface area contributed by atoms with Crippen molar-refractivity contribution in [3.05, 3.63) is 71.4 Å². The summed E-state index contributed by atoms with van der Waals surface area (Å²) < 4.78 is 5.96. The molecule has 0 saturated heterocycles. The van der Waals surface area contributed by atoms with Crippen molar-refractivity contribution in [3.8, 4) is 17.6 Å². The minimum Gasteiger partial charge on any atom is -0.455 e. The zero-order valence-electron chi connectivity index (χ0n) is 14.8. The van der Waals surface area contributed by atoms with Gasteiger partial charge in [0, 0.05) is 11.8 Å². The number of hydrogen-bond donors (Lipinski definition) is 3. The van der Waals surface area contributed by atoms with Crippen molar-refractivity contribution in [2.45, 2.75) is 13.8 Å². The van der Waals surface area contributed by atoms with E-state index in [9.17, 15) is 10.4 Å². The standard InChI is InChI=1S/C20H18N4O3/c1-13-4-3-5-14(2)19(13)27-17-10-18(20(22-12-17)24(25)26)23-16-8-6-15(11-21)7-9-16/h3-10,12,23,25-26H,1-2H3. The first-order valence-corrected chi connectivity index (χ1v) is 8.17. The third-order valence-electron chi connectivity index (χ3n) is 3.95. The van der Waals surface area contributed by atoms with Crippen LogP contribution in [-0.2, 0) is 0 Å². The molecular weight excluding hydrogens is 344 g/mol. The van der Waals surface area contributed by atoms with Gasteiger partial charge in [0.05, 0.1) is 23.5 Å². The Kier molecular flexibility index (Phi) is 5.22. The molecule has 0 unspecified atom stereocenters. The number of para-hydroxylation sites is 1. The van der Waals surface area contributed by atoms with Gasteiger partial charge in [-0.05, 0) is 49.2 Å². The molecule has 0 aliphatic heterocycles. The SMILES string of the molecule is Cc1cccc(C)c1Oc1cnc(N(O)O)c(Nc2ccc(C#N)cc2)c1. The van der Waals surface area contributed by atoms with Crippen molar-refractivity contribution in [2.24, 2.45) is 0 Å². The molecule has 0 aliphatic carbocycles. The van der Waals surface area contributed by atoms with E-state index in [-0.39, 0.29) is 11.0 Å². The molecule has 0 radical (unpaired) electrons. The molecule has 0 amide bonds. The molecule has 0 atom stereocenters. The number of benzene rings is 2. The van der Waals surface area contributed by atoms with E-state index in [2.05, 4.69) is 10.3 Å². The summed E-state index contributed by atoms with van der Waals surface area (Å²) in [6.07, 6.45) is 1.41. The number of anilines is 3. The second-order valence-electron chi connectivity index (χ2n) is 5.97. The summed E-state index contributed by atoms with van der Waals surface area (Å²) in [4.78, 5) is 4.05. The van der Waals surface area contributed by atoms with Crippen molar-refractivity contribution >= 4 is 17.2 Å². The molecule has 7 nitrogen and oxygen atoms in total. The number of nitrogens with one attached hydrogen (secondary N) is 1. The molecule has 0 bridgehead atoms. The van der Waals surface area contributed by atoms with Crippen molar-refractivity contribution in [3.63, 3.8) is 0 Å². The van der Waals surface area contributed by atoms with Crippen LogP contribution in [0, 0.1) is 25.2 Å². The summed E-state index contributed by atoms with van der Waals surface area (Å²) in [6.45, 7) is 3.90. The zero-order valence-corrected chi connectivity index (χ0v) is 14.8. The van der Waals surface area contributed by atoms with E-state index >= 15 is 0 Å². The predicted octanol–water partition coefficient (Wildman–Crippen LogP) is 4.69. The van der Waals surface area contributed by atoms with Crippen LogP contribution in [0.15, 0.2) is 54.7 Å². The highest BCUT2D eigenvalue weighted by Gasteiger charge is 2.13. The summed E-state index contributed by atoms with van der Waals surface area (Å²) in [7, 11) is 0. The maximum atomic E-state index is 9.44. The highest BCUT2D eigenvalue weighted by atomic mass is 16.8. The molecule has 7 heteroatoms. The lowest BCUT2D eigenvalue weighted by Crippen LogP contribution is -2.14. The van der Waals surface area contributed by atoms with Crippen LogP contribution in [0.1, 0.15) is 16.7 Å². The molecule has 0 spiro atoms. The molecule has 2 aromatic carbocycles. The number of rotatable bonds is 5. The summed E-state index contributed by atoms with van der Waals surface area (Å²) in [5.41, 5.74) is 3.46. The Balaban J connectivity index is 1.94. The smallest absolute Gasteiger partial charge is 0.207 e. The van der Waals surface area contributed by atoms with Gasteiger partial charge in [0.15, 0.2) is 0 Å². The third kappa shape index (κ3) is 4.15. The van der Waals surface area contributed by atoms with Gasteiger partial charge in [-0.25, -0.2) is 4.98 Å². The summed E-state index contributed by atoms with van der Waals surface area (Å²) in [5.74, 6) is 1.07. The van der Waals surface area contributed by atoms with Crippen molar-refractivity contribution in [1.82, 2.24) is 4.98 Å². The number of hydrogen-bond acceptors (Lipinski definition) is 7. The van der Waals surface area contributed by atoms with E-state index in [0.29, 0.717) is 22.7 Å². The molecule has 0 fully saturated rings. The average molecular weight is 362 g/mol. The summed E-state index contributed by atoms with van der Waals surface area (Å²) in [6, 6.07) is 16.2. The second kappa shape index (κ2) is 7.74. The van der Waals surface area contributed by atoms with Crippen molar-refractivity contribution in [2.75, 3.05) is 10.5 Å². The lowest BCUT2D eigenvalue weighted by Gasteiger charge is -2.17. The van der Waals surface area contributed by atoms with E-state index in [1.54, 1.807) is 30.3 Å². The number of nitrogens with zero attached hydrogens (tertiary/aromatic N) is 3. The molecule has 1 aromatic heterocycles. The van der Waals surface area contributed by atoms with Crippen LogP contribution in [0.3, 0.4) is 0 Å². The van der Waals surface area contributed by atoms with Gasteiger partial charge in [-0.15, -0.1) is 5.23 Å². The molecule has 3 aromatic rings.